The third kappa shape index (κ3) is 6.64. The fraction of sp³-hybridized carbons (Fsp3) is 0.600. The molecular weight excluding hydrogens is 454 g/mol. The average Bonchev–Trinajstić information content (AvgIpc) is 3.10. The predicted molar refractivity (Wildman–Crippen MR) is 126 cm³/mol. The molecule has 1 aromatic rings. The van der Waals surface area contributed by atoms with Gasteiger partial charge in [0.25, 0.3) is 5.91 Å². The molecule has 10 nitrogen and oxygen atoms in total. The molecule has 0 spiro atoms. The molecule has 2 atom stereocenters. The summed E-state index contributed by atoms with van der Waals surface area (Å²) in [6, 6.07) is 7.79. The first-order valence-corrected chi connectivity index (χ1v) is 11.8. The Hall–Kier alpha value is -3.30. The summed E-state index contributed by atoms with van der Waals surface area (Å²) < 4.78 is 16.2. The van der Waals surface area contributed by atoms with Crippen LogP contribution >= 0.6 is 0 Å². The summed E-state index contributed by atoms with van der Waals surface area (Å²) in [6.45, 7) is 10.4. The topological polar surface area (TPSA) is 106 Å². The van der Waals surface area contributed by atoms with Crippen molar-refractivity contribution < 1.29 is 33.4 Å². The number of hydrazine groups is 1. The molecule has 0 aliphatic carbocycles. The van der Waals surface area contributed by atoms with Crippen molar-refractivity contribution in [3.05, 3.63) is 35.9 Å². The number of amides is 4. The van der Waals surface area contributed by atoms with E-state index in [0.717, 1.165) is 20.5 Å². The first-order chi connectivity index (χ1) is 16.3. The quantitative estimate of drug-likeness (QED) is 0.588. The molecule has 192 valence electrons. The van der Waals surface area contributed by atoms with E-state index in [1.807, 2.05) is 30.3 Å². The van der Waals surface area contributed by atoms with Gasteiger partial charge >= 0.3 is 18.3 Å². The van der Waals surface area contributed by atoms with E-state index in [-0.39, 0.29) is 19.6 Å². The van der Waals surface area contributed by atoms with Crippen molar-refractivity contribution >= 4 is 24.2 Å². The molecule has 2 heterocycles. The van der Waals surface area contributed by atoms with Gasteiger partial charge < -0.3 is 14.2 Å². The lowest BCUT2D eigenvalue weighted by Crippen LogP contribution is -2.64. The van der Waals surface area contributed by atoms with Gasteiger partial charge in [0.15, 0.2) is 0 Å². The highest BCUT2D eigenvalue weighted by molar-refractivity contribution is 5.98. The predicted octanol–water partition coefficient (Wildman–Crippen LogP) is 4.13. The van der Waals surface area contributed by atoms with Crippen molar-refractivity contribution in [2.45, 2.75) is 84.1 Å². The van der Waals surface area contributed by atoms with Crippen LogP contribution < -0.4 is 0 Å². The van der Waals surface area contributed by atoms with E-state index in [1.165, 1.54) is 0 Å². The van der Waals surface area contributed by atoms with Crippen molar-refractivity contribution in [1.82, 2.24) is 14.9 Å². The number of carbonyl (C=O) groups is 4. The summed E-state index contributed by atoms with van der Waals surface area (Å²) in [5, 5.41) is 2.09. The average molecular weight is 490 g/mol. The van der Waals surface area contributed by atoms with Crippen LogP contribution in [-0.2, 0) is 25.4 Å². The molecule has 2 saturated heterocycles. The Kier molecular flexibility index (Phi) is 7.62. The maximum absolute atomic E-state index is 13.7. The van der Waals surface area contributed by atoms with Crippen molar-refractivity contribution in [1.29, 1.82) is 0 Å². The summed E-state index contributed by atoms with van der Waals surface area (Å²) in [7, 11) is 0. The first kappa shape index (κ1) is 26.3. The van der Waals surface area contributed by atoms with Crippen molar-refractivity contribution in [3.63, 3.8) is 0 Å². The summed E-state index contributed by atoms with van der Waals surface area (Å²) in [6.07, 6.45) is -1.32. The second-order valence-electron chi connectivity index (χ2n) is 10.7. The van der Waals surface area contributed by atoms with Gasteiger partial charge in [-0.15, -0.1) is 0 Å². The Labute approximate surface area is 206 Å². The van der Waals surface area contributed by atoms with Crippen LogP contribution in [0.4, 0.5) is 14.4 Å². The normalized spacial score (nSPS) is 21.0. The van der Waals surface area contributed by atoms with Crippen LogP contribution in [0.5, 0.6) is 0 Å². The third-order valence-corrected chi connectivity index (χ3v) is 5.39. The largest absolute Gasteiger partial charge is 0.447 e. The minimum Gasteiger partial charge on any atom is -0.447 e. The smallest absolute Gasteiger partial charge is 0.430 e. The number of cyclic esters (lactones) is 1. The lowest BCUT2D eigenvalue weighted by Gasteiger charge is -2.44. The maximum atomic E-state index is 13.7. The number of ether oxygens (including phenoxy) is 3. The van der Waals surface area contributed by atoms with Crippen molar-refractivity contribution in [2.24, 2.45) is 0 Å². The van der Waals surface area contributed by atoms with Gasteiger partial charge in [0.1, 0.15) is 23.9 Å². The molecule has 1 aromatic carbocycles. The van der Waals surface area contributed by atoms with Gasteiger partial charge in [0.2, 0.25) is 0 Å². The highest BCUT2D eigenvalue weighted by Crippen LogP contribution is 2.28. The van der Waals surface area contributed by atoms with Crippen LogP contribution in [0.3, 0.4) is 0 Å². The second kappa shape index (κ2) is 10.1. The molecule has 3 rings (SSSR count). The minimum absolute atomic E-state index is 0.0500. The number of nitrogens with zero attached hydrogens (tertiary/aromatic N) is 3. The van der Waals surface area contributed by atoms with E-state index < -0.39 is 47.5 Å². The molecular formula is C25H35N3O7. The standard InChI is InChI=1S/C25H35N3O7/c1-24(2,3)34-21(30)26-14-10-13-19(28(26)23(32)35-25(4,5)6)20(29)27-18(16-33-22(27)31)15-17-11-8-7-9-12-17/h7-9,11-12,18-19H,10,13-16H2,1-6H3/t18-,19-/m1/s1. The van der Waals surface area contributed by atoms with Crippen LogP contribution in [0.25, 0.3) is 0 Å². The van der Waals surface area contributed by atoms with Crippen LogP contribution in [-0.4, -0.2) is 75.5 Å². The van der Waals surface area contributed by atoms with E-state index in [1.54, 1.807) is 41.5 Å². The van der Waals surface area contributed by atoms with Gasteiger partial charge in [-0.25, -0.2) is 29.3 Å². The third-order valence-electron chi connectivity index (χ3n) is 5.39. The number of hydrogen-bond donors (Lipinski definition) is 0. The molecule has 2 fully saturated rings. The van der Waals surface area contributed by atoms with E-state index >= 15 is 0 Å². The van der Waals surface area contributed by atoms with Crippen LogP contribution in [0.2, 0.25) is 0 Å². The van der Waals surface area contributed by atoms with Crippen molar-refractivity contribution in [3.8, 4) is 0 Å². The fourth-order valence-corrected chi connectivity index (χ4v) is 4.02. The minimum atomic E-state index is -1.13. The highest BCUT2D eigenvalue weighted by Gasteiger charge is 2.48. The zero-order valence-electron chi connectivity index (χ0n) is 21.3. The molecule has 0 N–H and O–H groups in total. The first-order valence-electron chi connectivity index (χ1n) is 11.8. The summed E-state index contributed by atoms with van der Waals surface area (Å²) in [5.41, 5.74) is -0.742. The number of imide groups is 1. The zero-order chi connectivity index (χ0) is 26.0. The Morgan fingerprint density at radius 1 is 0.971 bits per heavy atom. The lowest BCUT2D eigenvalue weighted by atomic mass is 10.0. The number of rotatable bonds is 3. The SMILES string of the molecule is CC(C)(C)OC(=O)N1CCC[C@H](C(=O)N2C(=O)OC[C@H]2Cc2ccccc2)N1C(=O)OC(C)(C)C. The Balaban J connectivity index is 1.90. The molecule has 2 aliphatic heterocycles. The Morgan fingerprint density at radius 2 is 1.57 bits per heavy atom. The Morgan fingerprint density at radius 3 is 2.17 bits per heavy atom. The van der Waals surface area contributed by atoms with E-state index in [2.05, 4.69) is 0 Å². The maximum Gasteiger partial charge on any atom is 0.430 e. The van der Waals surface area contributed by atoms with Gasteiger partial charge in [0.05, 0.1) is 6.04 Å². The van der Waals surface area contributed by atoms with E-state index in [4.69, 9.17) is 14.2 Å². The van der Waals surface area contributed by atoms with E-state index in [9.17, 15) is 19.2 Å². The fourth-order valence-electron chi connectivity index (χ4n) is 4.02. The molecule has 0 aromatic heterocycles. The van der Waals surface area contributed by atoms with Gasteiger partial charge in [-0.2, -0.15) is 0 Å². The van der Waals surface area contributed by atoms with Crippen LogP contribution in [0.1, 0.15) is 59.9 Å². The summed E-state index contributed by atoms with van der Waals surface area (Å²) >= 11 is 0. The van der Waals surface area contributed by atoms with Gasteiger partial charge in [-0.3, -0.25) is 4.79 Å². The number of benzene rings is 1. The van der Waals surface area contributed by atoms with Crippen molar-refractivity contribution in [2.75, 3.05) is 13.2 Å². The molecule has 10 heteroatoms. The summed E-state index contributed by atoms with van der Waals surface area (Å²) in [4.78, 5) is 53.7. The van der Waals surface area contributed by atoms with Crippen LogP contribution in [0, 0.1) is 0 Å². The highest BCUT2D eigenvalue weighted by atomic mass is 16.6. The van der Waals surface area contributed by atoms with Gasteiger partial charge in [-0.1, -0.05) is 30.3 Å². The second-order valence-corrected chi connectivity index (χ2v) is 10.7. The molecule has 4 amide bonds. The molecule has 2 aliphatic rings. The molecule has 0 saturated carbocycles. The monoisotopic (exact) mass is 489 g/mol. The van der Waals surface area contributed by atoms with E-state index in [0.29, 0.717) is 12.8 Å². The van der Waals surface area contributed by atoms with Gasteiger partial charge in [-0.05, 0) is 66.4 Å². The number of hydrogen-bond acceptors (Lipinski definition) is 7. The molecule has 0 radical (unpaired) electrons. The molecule has 35 heavy (non-hydrogen) atoms. The Bertz CT molecular complexity index is 952. The molecule has 0 unspecified atom stereocenters. The lowest BCUT2D eigenvalue weighted by molar-refractivity contribution is -0.147. The van der Waals surface area contributed by atoms with Gasteiger partial charge in [0, 0.05) is 6.54 Å². The zero-order valence-corrected chi connectivity index (χ0v) is 21.3. The van der Waals surface area contributed by atoms with Crippen LogP contribution in [0.15, 0.2) is 30.3 Å². The number of carbonyl (C=O) groups excluding carboxylic acids is 4. The molecule has 0 bridgehead atoms. The summed E-state index contributed by atoms with van der Waals surface area (Å²) in [5.74, 6) is -0.618.